The van der Waals surface area contributed by atoms with Crippen LogP contribution in [-0.4, -0.2) is 44.7 Å². The summed E-state index contributed by atoms with van der Waals surface area (Å²) in [6, 6.07) is 26.8. The van der Waals surface area contributed by atoms with Crippen LogP contribution in [0.5, 0.6) is 5.75 Å². The lowest BCUT2D eigenvalue weighted by atomic mass is 9.99. The predicted molar refractivity (Wildman–Crippen MR) is 138 cm³/mol. The highest BCUT2D eigenvalue weighted by Gasteiger charge is 2.28. The van der Waals surface area contributed by atoms with E-state index in [1.165, 1.54) is 54.0 Å². The molecule has 0 bridgehead atoms. The molecule has 2 heterocycles. The second kappa shape index (κ2) is 9.88. The number of hydrogen-bond acceptors (Lipinski definition) is 4. The van der Waals surface area contributed by atoms with Gasteiger partial charge in [-0.3, -0.25) is 4.90 Å². The summed E-state index contributed by atoms with van der Waals surface area (Å²) in [6.07, 6.45) is 4.96. The first-order chi connectivity index (χ1) is 16.2. The average Bonchev–Trinajstić information content (AvgIpc) is 3.01. The zero-order valence-electron chi connectivity index (χ0n) is 19.9. The van der Waals surface area contributed by atoms with Crippen LogP contribution < -0.4 is 14.5 Å². The van der Waals surface area contributed by atoms with E-state index in [1.807, 2.05) is 0 Å². The summed E-state index contributed by atoms with van der Waals surface area (Å²) < 4.78 is 6.19. The lowest BCUT2D eigenvalue weighted by Crippen LogP contribution is -2.46. The molecule has 4 heteroatoms. The number of anilines is 3. The van der Waals surface area contributed by atoms with E-state index in [2.05, 4.69) is 102 Å². The number of rotatable bonds is 6. The van der Waals surface area contributed by atoms with Crippen molar-refractivity contribution in [3.63, 3.8) is 0 Å². The third-order valence-electron chi connectivity index (χ3n) is 7.10. The lowest BCUT2D eigenvalue weighted by molar-refractivity contribution is 0.154. The van der Waals surface area contributed by atoms with E-state index < -0.39 is 0 Å². The average molecular weight is 442 g/mol. The monoisotopic (exact) mass is 441 g/mol. The highest BCUT2D eigenvalue weighted by atomic mass is 16.5. The first kappa shape index (κ1) is 21.8. The maximum absolute atomic E-state index is 6.19. The van der Waals surface area contributed by atoms with E-state index in [1.54, 1.807) is 0 Å². The second-order valence-corrected chi connectivity index (χ2v) is 9.49. The van der Waals surface area contributed by atoms with Gasteiger partial charge in [0.1, 0.15) is 12.4 Å². The first-order valence-electron chi connectivity index (χ1n) is 12.3. The van der Waals surface area contributed by atoms with Crippen molar-refractivity contribution in [2.75, 3.05) is 43.5 Å². The van der Waals surface area contributed by atoms with Crippen molar-refractivity contribution in [3.05, 3.63) is 83.9 Å². The molecule has 2 aliphatic rings. The zero-order valence-corrected chi connectivity index (χ0v) is 19.9. The molecule has 0 N–H and O–H groups in total. The Hall–Kier alpha value is -2.98. The molecule has 33 heavy (non-hydrogen) atoms. The van der Waals surface area contributed by atoms with Crippen LogP contribution in [-0.2, 0) is 13.0 Å². The number of benzene rings is 3. The van der Waals surface area contributed by atoms with Crippen molar-refractivity contribution < 1.29 is 4.74 Å². The van der Waals surface area contributed by atoms with Gasteiger partial charge in [-0.1, -0.05) is 48.9 Å². The molecule has 1 atom stereocenters. The molecule has 1 saturated heterocycles. The van der Waals surface area contributed by atoms with Gasteiger partial charge < -0.3 is 14.5 Å². The molecular weight excluding hydrogens is 406 g/mol. The SMILES string of the molecule is CN(C)c1ccc(CCN2CCCCC2CN2c3ccccc3COc3ccccc32)cc1. The molecular formula is C29H35N3O. The molecule has 5 rings (SSSR count). The predicted octanol–water partition coefficient (Wildman–Crippen LogP) is 5.88. The summed E-state index contributed by atoms with van der Waals surface area (Å²) in [4.78, 5) is 7.39. The van der Waals surface area contributed by atoms with Gasteiger partial charge in [-0.2, -0.15) is 0 Å². The molecule has 3 aromatic rings. The fourth-order valence-electron chi connectivity index (χ4n) is 5.19. The molecule has 0 amide bonds. The Morgan fingerprint density at radius 3 is 2.45 bits per heavy atom. The summed E-state index contributed by atoms with van der Waals surface area (Å²) in [7, 11) is 4.19. The van der Waals surface area contributed by atoms with Gasteiger partial charge in [0, 0.05) is 50.2 Å². The molecule has 1 fully saturated rings. The van der Waals surface area contributed by atoms with E-state index >= 15 is 0 Å². The fourth-order valence-corrected chi connectivity index (χ4v) is 5.19. The Morgan fingerprint density at radius 2 is 1.64 bits per heavy atom. The van der Waals surface area contributed by atoms with Gasteiger partial charge >= 0.3 is 0 Å². The van der Waals surface area contributed by atoms with Gasteiger partial charge in [-0.25, -0.2) is 0 Å². The van der Waals surface area contributed by atoms with E-state index in [4.69, 9.17) is 4.74 Å². The standard InChI is InChI=1S/C29H35N3O/c1-30(2)25-16-14-23(15-17-25)18-20-31-19-8-7-10-26(31)21-32-27-11-4-3-9-24(27)22-33-29-13-6-5-12-28(29)32/h3-6,9,11-17,26H,7-8,10,18-22H2,1-2H3. The van der Waals surface area contributed by atoms with Gasteiger partial charge in [-0.05, 0) is 61.7 Å². The van der Waals surface area contributed by atoms with Gasteiger partial charge in [0.05, 0.1) is 5.69 Å². The minimum atomic E-state index is 0.541. The Morgan fingerprint density at radius 1 is 0.879 bits per heavy atom. The van der Waals surface area contributed by atoms with E-state index in [9.17, 15) is 0 Å². The first-order valence-corrected chi connectivity index (χ1v) is 12.3. The van der Waals surface area contributed by atoms with Crippen molar-refractivity contribution in [2.24, 2.45) is 0 Å². The Bertz CT molecular complexity index is 1010. The Balaban J connectivity index is 1.35. The molecule has 0 spiro atoms. The third-order valence-corrected chi connectivity index (χ3v) is 7.10. The van der Waals surface area contributed by atoms with Crippen LogP contribution in [0.25, 0.3) is 0 Å². The quantitative estimate of drug-likeness (QED) is 0.475. The van der Waals surface area contributed by atoms with Crippen LogP contribution in [0.1, 0.15) is 30.4 Å². The normalized spacial score (nSPS) is 18.1. The number of ether oxygens (including phenoxy) is 1. The van der Waals surface area contributed by atoms with Crippen molar-refractivity contribution >= 4 is 17.1 Å². The van der Waals surface area contributed by atoms with Gasteiger partial charge in [0.2, 0.25) is 0 Å². The molecule has 0 radical (unpaired) electrons. The fraction of sp³-hybridized carbons (Fsp3) is 0.379. The Kier molecular flexibility index (Phi) is 6.54. The highest BCUT2D eigenvalue weighted by molar-refractivity contribution is 5.72. The topological polar surface area (TPSA) is 19.0 Å². The van der Waals surface area contributed by atoms with E-state index in [-0.39, 0.29) is 0 Å². The molecule has 4 nitrogen and oxygen atoms in total. The van der Waals surface area contributed by atoms with E-state index in [0.717, 1.165) is 25.3 Å². The molecule has 1 unspecified atom stereocenters. The molecule has 0 aliphatic carbocycles. The van der Waals surface area contributed by atoms with Crippen LogP contribution in [0.3, 0.4) is 0 Å². The van der Waals surface area contributed by atoms with Crippen molar-refractivity contribution in [1.29, 1.82) is 0 Å². The van der Waals surface area contributed by atoms with Crippen molar-refractivity contribution in [1.82, 2.24) is 4.90 Å². The van der Waals surface area contributed by atoms with Crippen LogP contribution in [0.4, 0.5) is 17.1 Å². The number of para-hydroxylation sites is 3. The third kappa shape index (κ3) is 4.86. The van der Waals surface area contributed by atoms with Crippen LogP contribution >= 0.6 is 0 Å². The number of nitrogens with zero attached hydrogens (tertiary/aromatic N) is 3. The van der Waals surface area contributed by atoms with Crippen LogP contribution in [0.2, 0.25) is 0 Å². The summed E-state index contributed by atoms with van der Waals surface area (Å²) in [5.41, 5.74) is 6.41. The van der Waals surface area contributed by atoms with Crippen molar-refractivity contribution in [3.8, 4) is 5.75 Å². The Labute approximate surface area is 198 Å². The molecule has 2 aliphatic heterocycles. The maximum Gasteiger partial charge on any atom is 0.143 e. The highest BCUT2D eigenvalue weighted by Crippen LogP contribution is 2.40. The van der Waals surface area contributed by atoms with Gasteiger partial charge in [0.25, 0.3) is 0 Å². The maximum atomic E-state index is 6.19. The smallest absolute Gasteiger partial charge is 0.143 e. The largest absolute Gasteiger partial charge is 0.487 e. The summed E-state index contributed by atoms with van der Waals surface area (Å²) in [5.74, 6) is 0.983. The van der Waals surface area contributed by atoms with E-state index in [0.29, 0.717) is 12.6 Å². The molecule has 3 aromatic carbocycles. The second-order valence-electron chi connectivity index (χ2n) is 9.49. The molecule has 0 saturated carbocycles. The minimum Gasteiger partial charge on any atom is -0.487 e. The number of piperidine rings is 1. The van der Waals surface area contributed by atoms with Crippen LogP contribution in [0.15, 0.2) is 72.8 Å². The van der Waals surface area contributed by atoms with Crippen molar-refractivity contribution in [2.45, 2.75) is 38.3 Å². The summed E-state index contributed by atoms with van der Waals surface area (Å²) in [6.45, 7) is 3.92. The number of fused-ring (bicyclic) bond motifs is 2. The minimum absolute atomic E-state index is 0.541. The number of likely N-dealkylation sites (tertiary alicyclic amines) is 1. The summed E-state index contributed by atoms with van der Waals surface area (Å²) >= 11 is 0. The summed E-state index contributed by atoms with van der Waals surface area (Å²) in [5, 5.41) is 0. The number of hydrogen-bond donors (Lipinski definition) is 0. The zero-order chi connectivity index (χ0) is 22.6. The molecule has 0 aromatic heterocycles. The van der Waals surface area contributed by atoms with Gasteiger partial charge in [0.15, 0.2) is 0 Å². The van der Waals surface area contributed by atoms with Gasteiger partial charge in [-0.15, -0.1) is 0 Å². The van der Waals surface area contributed by atoms with Crippen LogP contribution in [0, 0.1) is 0 Å². The lowest BCUT2D eigenvalue weighted by Gasteiger charge is -2.39. The molecule has 172 valence electrons.